The van der Waals surface area contributed by atoms with E-state index in [0.29, 0.717) is 23.8 Å². The molecule has 1 N–H and O–H groups in total. The number of hydrogen-bond acceptors (Lipinski definition) is 3. The minimum Gasteiger partial charge on any atom is -0.314 e. The molecule has 0 heterocycles. The van der Waals surface area contributed by atoms with Gasteiger partial charge < -0.3 is 5.32 Å². The van der Waals surface area contributed by atoms with E-state index in [1.54, 1.807) is 0 Å². The van der Waals surface area contributed by atoms with E-state index >= 15 is 0 Å². The zero-order chi connectivity index (χ0) is 14.6. The highest BCUT2D eigenvalue weighted by Gasteiger charge is 2.35. The molecule has 1 rings (SSSR count). The van der Waals surface area contributed by atoms with E-state index in [2.05, 4.69) is 33.0 Å². The maximum absolute atomic E-state index is 11.8. The van der Waals surface area contributed by atoms with E-state index in [0.717, 1.165) is 25.8 Å². The van der Waals surface area contributed by atoms with Crippen LogP contribution in [-0.4, -0.2) is 32.5 Å². The van der Waals surface area contributed by atoms with E-state index in [-0.39, 0.29) is 5.25 Å². The number of hydrogen-bond donors (Lipinski definition) is 1. The lowest BCUT2D eigenvalue weighted by molar-refractivity contribution is 0.187. The number of sulfone groups is 1. The first-order valence-corrected chi connectivity index (χ1v) is 9.65. The lowest BCUT2D eigenvalue weighted by Gasteiger charge is -2.38. The second-order valence-electron chi connectivity index (χ2n) is 6.56. The summed E-state index contributed by atoms with van der Waals surface area (Å²) in [6.45, 7) is 9.90. The van der Waals surface area contributed by atoms with Crippen LogP contribution in [0.3, 0.4) is 0 Å². The predicted molar refractivity (Wildman–Crippen MR) is 82.1 cm³/mol. The van der Waals surface area contributed by atoms with Crippen molar-refractivity contribution < 1.29 is 8.42 Å². The first-order valence-electron chi connectivity index (χ1n) is 7.69. The van der Waals surface area contributed by atoms with Crippen molar-refractivity contribution in [2.24, 2.45) is 17.8 Å². The van der Waals surface area contributed by atoms with Crippen LogP contribution in [0.15, 0.2) is 0 Å². The maximum atomic E-state index is 11.8. The van der Waals surface area contributed by atoms with Gasteiger partial charge in [0.1, 0.15) is 9.84 Å². The van der Waals surface area contributed by atoms with Crippen molar-refractivity contribution in [3.63, 3.8) is 0 Å². The predicted octanol–water partition coefficient (Wildman–Crippen LogP) is 2.86. The monoisotopic (exact) mass is 289 g/mol. The molecule has 0 radical (unpaired) electrons. The third-order valence-corrected chi connectivity index (χ3v) is 6.48. The number of nitrogens with one attached hydrogen (secondary N) is 1. The van der Waals surface area contributed by atoms with Crippen LogP contribution in [0, 0.1) is 17.8 Å². The van der Waals surface area contributed by atoms with Gasteiger partial charge in [-0.15, -0.1) is 0 Å². The highest BCUT2D eigenvalue weighted by Crippen LogP contribution is 2.34. The van der Waals surface area contributed by atoms with Crippen LogP contribution in [0.4, 0.5) is 0 Å². The first-order chi connectivity index (χ1) is 8.77. The van der Waals surface area contributed by atoms with E-state index in [1.807, 2.05) is 0 Å². The number of rotatable bonds is 6. The molecule has 1 saturated carbocycles. The van der Waals surface area contributed by atoms with E-state index in [9.17, 15) is 8.42 Å². The lowest BCUT2D eigenvalue weighted by Crippen LogP contribution is -2.46. The maximum Gasteiger partial charge on any atom is 0.150 e. The Labute approximate surface area is 119 Å². The average Bonchev–Trinajstić information content (AvgIpc) is 2.34. The Morgan fingerprint density at radius 3 is 2.32 bits per heavy atom. The van der Waals surface area contributed by atoms with Gasteiger partial charge >= 0.3 is 0 Å². The van der Waals surface area contributed by atoms with Crippen molar-refractivity contribution in [3.05, 3.63) is 0 Å². The molecule has 114 valence electrons. The van der Waals surface area contributed by atoms with Crippen molar-refractivity contribution in [1.82, 2.24) is 5.32 Å². The first kappa shape index (κ1) is 17.0. The summed E-state index contributed by atoms with van der Waals surface area (Å²) in [6, 6.07) is 0.453. The highest BCUT2D eigenvalue weighted by molar-refractivity contribution is 7.91. The molecule has 0 aliphatic heterocycles. The summed E-state index contributed by atoms with van der Waals surface area (Å²) in [6.07, 6.45) is 5.31. The molecule has 4 heteroatoms. The normalized spacial score (nSPS) is 28.3. The van der Waals surface area contributed by atoms with Crippen molar-refractivity contribution in [2.75, 3.05) is 12.8 Å². The second kappa shape index (κ2) is 7.07. The molecular weight excluding hydrogens is 258 g/mol. The van der Waals surface area contributed by atoms with Gasteiger partial charge in [0.2, 0.25) is 0 Å². The van der Waals surface area contributed by atoms with Gasteiger partial charge in [-0.1, -0.05) is 34.1 Å². The fraction of sp³-hybridized carbons (Fsp3) is 1.00. The van der Waals surface area contributed by atoms with Gasteiger partial charge in [0, 0.05) is 12.3 Å². The Morgan fingerprint density at radius 1 is 1.21 bits per heavy atom. The standard InChI is InChI=1S/C15H31NO2S/c1-6-16-15(12(4)11(2)3)13-8-7-9-14(10-13)19(5,17)18/h11-16H,6-10H2,1-5H3. The zero-order valence-electron chi connectivity index (χ0n) is 13.1. The van der Waals surface area contributed by atoms with Crippen LogP contribution in [0.5, 0.6) is 0 Å². The van der Waals surface area contributed by atoms with E-state index in [4.69, 9.17) is 0 Å². The fourth-order valence-electron chi connectivity index (χ4n) is 3.33. The molecule has 0 amide bonds. The molecule has 1 aliphatic rings. The molecule has 0 saturated heterocycles. The van der Waals surface area contributed by atoms with Gasteiger partial charge in [0.15, 0.2) is 0 Å². The summed E-state index contributed by atoms with van der Waals surface area (Å²) >= 11 is 0. The van der Waals surface area contributed by atoms with Crippen LogP contribution < -0.4 is 5.32 Å². The Morgan fingerprint density at radius 2 is 1.84 bits per heavy atom. The van der Waals surface area contributed by atoms with E-state index in [1.165, 1.54) is 12.7 Å². The molecule has 4 unspecified atom stereocenters. The molecule has 19 heavy (non-hydrogen) atoms. The summed E-state index contributed by atoms with van der Waals surface area (Å²) in [5.41, 5.74) is 0. The smallest absolute Gasteiger partial charge is 0.150 e. The molecule has 1 fully saturated rings. The second-order valence-corrected chi connectivity index (χ2v) is 8.89. The quantitative estimate of drug-likeness (QED) is 0.818. The average molecular weight is 289 g/mol. The van der Waals surface area contributed by atoms with Crippen molar-refractivity contribution in [2.45, 2.75) is 64.7 Å². The van der Waals surface area contributed by atoms with Crippen LogP contribution in [-0.2, 0) is 9.84 Å². The fourth-order valence-corrected chi connectivity index (χ4v) is 4.52. The van der Waals surface area contributed by atoms with Crippen LogP contribution >= 0.6 is 0 Å². The van der Waals surface area contributed by atoms with Crippen LogP contribution in [0.1, 0.15) is 53.4 Å². The molecular formula is C15H31NO2S. The third kappa shape index (κ3) is 4.75. The molecule has 1 aliphatic carbocycles. The van der Waals surface area contributed by atoms with Gasteiger partial charge in [-0.05, 0) is 43.6 Å². The van der Waals surface area contributed by atoms with Gasteiger partial charge in [-0.3, -0.25) is 0 Å². The summed E-state index contributed by atoms with van der Waals surface area (Å²) < 4.78 is 23.6. The topological polar surface area (TPSA) is 46.2 Å². The molecule has 0 aromatic rings. The Kier molecular flexibility index (Phi) is 6.31. The van der Waals surface area contributed by atoms with Gasteiger partial charge in [0.05, 0.1) is 5.25 Å². The third-order valence-electron chi connectivity index (χ3n) is 4.84. The summed E-state index contributed by atoms with van der Waals surface area (Å²) in [5, 5.41) is 3.49. The molecule has 3 nitrogen and oxygen atoms in total. The lowest BCUT2D eigenvalue weighted by atomic mass is 9.75. The van der Waals surface area contributed by atoms with Crippen LogP contribution in [0.25, 0.3) is 0 Å². The van der Waals surface area contributed by atoms with Gasteiger partial charge in [0.25, 0.3) is 0 Å². The Bertz CT molecular complexity index is 364. The molecule has 0 aromatic heterocycles. The molecule has 0 spiro atoms. The van der Waals surface area contributed by atoms with Crippen molar-refractivity contribution >= 4 is 9.84 Å². The van der Waals surface area contributed by atoms with Crippen LogP contribution in [0.2, 0.25) is 0 Å². The highest BCUT2D eigenvalue weighted by atomic mass is 32.2. The summed E-state index contributed by atoms with van der Waals surface area (Å²) in [5.74, 6) is 1.72. The minimum atomic E-state index is -2.88. The van der Waals surface area contributed by atoms with Gasteiger partial charge in [-0.25, -0.2) is 8.42 Å². The largest absolute Gasteiger partial charge is 0.314 e. The molecule has 4 atom stereocenters. The molecule has 0 bridgehead atoms. The summed E-state index contributed by atoms with van der Waals surface area (Å²) in [4.78, 5) is 0. The summed E-state index contributed by atoms with van der Waals surface area (Å²) in [7, 11) is -2.88. The Balaban J connectivity index is 2.79. The van der Waals surface area contributed by atoms with Gasteiger partial charge in [-0.2, -0.15) is 0 Å². The van der Waals surface area contributed by atoms with E-state index < -0.39 is 9.84 Å². The van der Waals surface area contributed by atoms with Crippen molar-refractivity contribution in [1.29, 1.82) is 0 Å². The SMILES string of the molecule is CCNC(C1CCCC(S(C)(=O)=O)C1)C(C)C(C)C. The minimum absolute atomic E-state index is 0.119. The zero-order valence-corrected chi connectivity index (χ0v) is 14.0. The Hall–Kier alpha value is -0.0900. The van der Waals surface area contributed by atoms with Crippen molar-refractivity contribution in [3.8, 4) is 0 Å². The molecule has 0 aromatic carbocycles.